The Kier molecular flexibility index (Phi) is 12.7. The Hall–Kier alpha value is -3.44. The molecule has 2 rings (SSSR count). The molecule has 2 aromatic carbocycles. The minimum Gasteiger partial charge on any atom is -0.491 e. The number of anilines is 1. The third-order valence-corrected chi connectivity index (χ3v) is 6.36. The topological polar surface area (TPSA) is 57.1 Å². The van der Waals surface area contributed by atoms with Gasteiger partial charge < -0.3 is 20.8 Å². The number of halogens is 1. The van der Waals surface area contributed by atoms with Gasteiger partial charge in [0.2, 0.25) is 0 Å². The van der Waals surface area contributed by atoms with Gasteiger partial charge in [-0.2, -0.15) is 0 Å². The molecule has 1 unspecified atom stereocenters. The van der Waals surface area contributed by atoms with Crippen molar-refractivity contribution in [2.45, 2.75) is 66.5 Å². The van der Waals surface area contributed by atoms with E-state index in [0.29, 0.717) is 24.4 Å². The smallest absolute Gasteiger partial charge is 0.123 e. The van der Waals surface area contributed by atoms with Gasteiger partial charge in [0.25, 0.3) is 0 Å². The van der Waals surface area contributed by atoms with E-state index >= 15 is 0 Å². The van der Waals surface area contributed by atoms with Crippen molar-refractivity contribution in [3.8, 4) is 0 Å². The number of allylic oxidation sites excluding steroid dienone is 6. The van der Waals surface area contributed by atoms with Crippen molar-refractivity contribution in [1.29, 1.82) is 5.41 Å². The molecule has 0 aliphatic carbocycles. The summed E-state index contributed by atoms with van der Waals surface area (Å²) >= 11 is 0. The monoisotopic (exact) mass is 517 g/mol. The molecule has 38 heavy (non-hydrogen) atoms. The fourth-order valence-corrected chi connectivity index (χ4v) is 4.37. The molecule has 0 fully saturated rings. The van der Waals surface area contributed by atoms with Gasteiger partial charge in [0.1, 0.15) is 17.7 Å². The van der Waals surface area contributed by atoms with Gasteiger partial charge in [0.15, 0.2) is 0 Å². The average Bonchev–Trinajstić information content (AvgIpc) is 2.87. The highest BCUT2D eigenvalue weighted by molar-refractivity contribution is 6.01. The highest BCUT2D eigenvalue weighted by Crippen LogP contribution is 2.23. The maximum Gasteiger partial charge on any atom is 0.123 e. The minimum absolute atomic E-state index is 0.0748. The molecule has 0 aliphatic heterocycles. The van der Waals surface area contributed by atoms with Gasteiger partial charge in [-0.05, 0) is 108 Å². The summed E-state index contributed by atoms with van der Waals surface area (Å²) in [6.07, 6.45) is 7.95. The van der Waals surface area contributed by atoms with E-state index in [4.69, 9.17) is 10.1 Å². The number of hydrogen-bond acceptors (Lipinski definition) is 4. The average molecular weight is 518 g/mol. The zero-order valence-corrected chi connectivity index (χ0v) is 23.9. The van der Waals surface area contributed by atoms with Gasteiger partial charge in [-0.1, -0.05) is 54.1 Å². The van der Waals surface area contributed by atoms with Crippen LogP contribution in [0.1, 0.15) is 57.2 Å². The first kappa shape index (κ1) is 30.8. The normalized spacial score (nSPS) is 12.3. The zero-order chi connectivity index (χ0) is 28.1. The summed E-state index contributed by atoms with van der Waals surface area (Å²) in [4.78, 5) is 0. The number of benzene rings is 2. The number of hydrogen-bond donors (Lipinski definition) is 3. The lowest BCUT2D eigenvalue weighted by Crippen LogP contribution is -2.20. The third-order valence-electron chi connectivity index (χ3n) is 6.36. The molecule has 0 aliphatic rings. The van der Waals surface area contributed by atoms with E-state index in [-0.39, 0.29) is 11.9 Å². The summed E-state index contributed by atoms with van der Waals surface area (Å²) in [6.45, 7) is 15.5. The first-order chi connectivity index (χ1) is 18.1. The van der Waals surface area contributed by atoms with Crippen molar-refractivity contribution in [2.24, 2.45) is 0 Å². The van der Waals surface area contributed by atoms with Crippen molar-refractivity contribution in [1.82, 2.24) is 5.32 Å². The second-order valence-corrected chi connectivity index (χ2v) is 9.86. The number of ether oxygens (including phenoxy) is 1. The molecule has 0 spiro atoms. The largest absolute Gasteiger partial charge is 0.491 e. The van der Waals surface area contributed by atoms with Crippen molar-refractivity contribution in [3.05, 3.63) is 112 Å². The van der Waals surface area contributed by atoms with Crippen LogP contribution in [0.3, 0.4) is 0 Å². The molecule has 204 valence electrons. The van der Waals surface area contributed by atoms with E-state index in [1.54, 1.807) is 13.0 Å². The van der Waals surface area contributed by atoms with E-state index in [1.165, 1.54) is 17.2 Å². The second-order valence-electron chi connectivity index (χ2n) is 9.86. The molecule has 2 aromatic rings. The standard InChI is InChI=1S/C33H44FN3O/c1-8-28(33(23(2)3)26(6)35)14-11-25(5)38-31(19-20-36-7)17-15-29-21-30(34)16-18-32(29)37-22-27-12-9-24(4)10-13-27/h8-14,16,18,21,31,35-37H,5,15,17,19-20,22H2,1-4,6-7H3/b14-11-,28-8+,35-26?. The summed E-state index contributed by atoms with van der Waals surface area (Å²) in [6, 6.07) is 13.3. The molecule has 0 saturated carbocycles. The molecule has 0 saturated heterocycles. The molecule has 0 aromatic heterocycles. The Morgan fingerprint density at radius 2 is 1.79 bits per heavy atom. The Bertz CT molecular complexity index is 1170. The third kappa shape index (κ3) is 10.1. The zero-order valence-electron chi connectivity index (χ0n) is 23.9. The van der Waals surface area contributed by atoms with Crippen LogP contribution in [0.25, 0.3) is 0 Å². The second kappa shape index (κ2) is 15.7. The maximum absolute atomic E-state index is 14.2. The van der Waals surface area contributed by atoms with Crippen LogP contribution in [-0.4, -0.2) is 25.4 Å². The van der Waals surface area contributed by atoms with E-state index in [9.17, 15) is 4.39 Å². The van der Waals surface area contributed by atoms with E-state index in [1.807, 2.05) is 52.1 Å². The van der Waals surface area contributed by atoms with Gasteiger partial charge >= 0.3 is 0 Å². The van der Waals surface area contributed by atoms with Crippen molar-refractivity contribution < 1.29 is 9.13 Å². The fourth-order valence-electron chi connectivity index (χ4n) is 4.37. The Balaban J connectivity index is 2.09. The minimum atomic E-state index is -0.239. The van der Waals surface area contributed by atoms with Crippen LogP contribution < -0.4 is 10.6 Å². The van der Waals surface area contributed by atoms with Gasteiger partial charge in [0, 0.05) is 23.5 Å². The highest BCUT2D eigenvalue weighted by Gasteiger charge is 2.14. The van der Waals surface area contributed by atoms with Crippen LogP contribution in [-0.2, 0) is 17.7 Å². The molecule has 0 radical (unpaired) electrons. The quantitative estimate of drug-likeness (QED) is 0.127. The van der Waals surface area contributed by atoms with Crippen LogP contribution in [0.15, 0.2) is 89.8 Å². The van der Waals surface area contributed by atoms with Crippen LogP contribution in [0.4, 0.5) is 10.1 Å². The maximum atomic E-state index is 14.2. The fraction of sp³-hybridized carbons (Fsp3) is 0.364. The molecule has 0 bridgehead atoms. The first-order valence-electron chi connectivity index (χ1n) is 13.3. The molecular weight excluding hydrogens is 473 g/mol. The van der Waals surface area contributed by atoms with Gasteiger partial charge in [-0.15, -0.1) is 0 Å². The first-order valence-corrected chi connectivity index (χ1v) is 13.3. The van der Waals surface area contributed by atoms with Crippen molar-refractivity contribution in [3.63, 3.8) is 0 Å². The van der Waals surface area contributed by atoms with Crippen molar-refractivity contribution >= 4 is 11.4 Å². The van der Waals surface area contributed by atoms with Crippen LogP contribution in [0.5, 0.6) is 0 Å². The van der Waals surface area contributed by atoms with Crippen LogP contribution in [0, 0.1) is 18.2 Å². The Morgan fingerprint density at radius 3 is 2.39 bits per heavy atom. The molecule has 5 heteroatoms. The van der Waals surface area contributed by atoms with Crippen LogP contribution in [0.2, 0.25) is 0 Å². The summed E-state index contributed by atoms with van der Waals surface area (Å²) in [5.41, 5.74) is 7.80. The lowest BCUT2D eigenvalue weighted by atomic mass is 9.97. The Labute approximate surface area is 228 Å². The molecular formula is C33H44FN3O. The molecule has 0 amide bonds. The molecule has 4 nitrogen and oxygen atoms in total. The highest BCUT2D eigenvalue weighted by atomic mass is 19.1. The van der Waals surface area contributed by atoms with Gasteiger partial charge in [-0.25, -0.2) is 4.39 Å². The number of nitrogens with one attached hydrogen (secondary N) is 3. The lowest BCUT2D eigenvalue weighted by Gasteiger charge is -2.21. The lowest BCUT2D eigenvalue weighted by molar-refractivity contribution is 0.110. The molecule has 1 atom stereocenters. The summed E-state index contributed by atoms with van der Waals surface area (Å²) in [5, 5.41) is 14.8. The number of rotatable bonds is 15. The summed E-state index contributed by atoms with van der Waals surface area (Å²) < 4.78 is 20.4. The molecule has 3 N–H and O–H groups in total. The van der Waals surface area contributed by atoms with Gasteiger partial charge in [0.05, 0.1) is 0 Å². The summed E-state index contributed by atoms with van der Waals surface area (Å²) in [7, 11) is 1.92. The predicted octanol–water partition coefficient (Wildman–Crippen LogP) is 8.07. The van der Waals surface area contributed by atoms with E-state index in [0.717, 1.165) is 47.4 Å². The van der Waals surface area contributed by atoms with Crippen molar-refractivity contribution in [2.75, 3.05) is 18.9 Å². The van der Waals surface area contributed by atoms with E-state index < -0.39 is 0 Å². The SMILES string of the molecule is C=C(/C=C\C(=C/C)C(C(C)=N)=C(C)C)OC(CCNC)CCc1cc(F)ccc1NCc1ccc(C)cc1. The van der Waals surface area contributed by atoms with Crippen LogP contribution >= 0.6 is 0 Å². The number of aryl methyl sites for hydroxylation is 2. The Morgan fingerprint density at radius 1 is 1.08 bits per heavy atom. The van der Waals surface area contributed by atoms with Gasteiger partial charge in [-0.3, -0.25) is 0 Å². The predicted molar refractivity (Wildman–Crippen MR) is 160 cm³/mol. The van der Waals surface area contributed by atoms with E-state index in [2.05, 4.69) is 48.4 Å². The summed E-state index contributed by atoms with van der Waals surface area (Å²) in [5.74, 6) is 0.328. The molecule has 0 heterocycles.